The molecule has 0 fully saturated rings. The van der Waals surface area contributed by atoms with Gasteiger partial charge in [-0.1, -0.05) is 0 Å². The summed E-state index contributed by atoms with van der Waals surface area (Å²) in [5.41, 5.74) is 1.57. The van der Waals surface area contributed by atoms with Gasteiger partial charge in [-0.3, -0.25) is 0 Å². The second kappa shape index (κ2) is 6.77. The molecular weight excluding hydrogens is 360 g/mol. The summed E-state index contributed by atoms with van der Waals surface area (Å²) in [7, 11) is 6.42. The molecule has 0 radical (unpaired) electrons. The van der Waals surface area contributed by atoms with Gasteiger partial charge in [0, 0.05) is 0 Å². The summed E-state index contributed by atoms with van der Waals surface area (Å²) in [6.07, 6.45) is 3.47. The average molecular weight is 372 g/mol. The van der Waals surface area contributed by atoms with E-state index in [1.165, 1.54) is 0 Å². The van der Waals surface area contributed by atoms with Crippen LogP contribution in [-0.2, 0) is 17.6 Å². The summed E-state index contributed by atoms with van der Waals surface area (Å²) < 4.78 is 11.8. The number of hydrogen-bond acceptors (Lipinski definition) is 4. The molecule has 0 saturated carbocycles. The zero-order chi connectivity index (χ0) is 16.4. The van der Waals surface area contributed by atoms with Gasteiger partial charge in [-0.05, 0) is 0 Å². The normalized spacial score (nSPS) is 10.7. The van der Waals surface area contributed by atoms with Gasteiger partial charge < -0.3 is 0 Å². The second-order valence-electron chi connectivity index (χ2n) is 5.10. The number of benzene rings is 2. The van der Waals surface area contributed by atoms with E-state index in [1.54, 1.807) is 12.4 Å². The molecule has 0 aliphatic carbocycles. The molecule has 0 aliphatic heterocycles. The van der Waals surface area contributed by atoms with Gasteiger partial charge in [0.25, 0.3) is 0 Å². The third-order valence-corrected chi connectivity index (χ3v) is 5.40. The van der Waals surface area contributed by atoms with Crippen molar-refractivity contribution in [1.29, 1.82) is 0 Å². The Morgan fingerprint density at radius 2 is 1.12 bits per heavy atom. The van der Waals surface area contributed by atoms with Crippen LogP contribution in [0, 0.1) is 0 Å². The number of fused-ring (bicyclic) bond motifs is 2. The van der Waals surface area contributed by atoms with Crippen LogP contribution in [0.5, 0.6) is 11.5 Å². The molecule has 4 aromatic rings. The Morgan fingerprint density at radius 1 is 0.667 bits per heavy atom. The van der Waals surface area contributed by atoms with E-state index >= 15 is 0 Å². The topological polar surface area (TPSA) is 44.2 Å². The third kappa shape index (κ3) is 3.09. The summed E-state index contributed by atoms with van der Waals surface area (Å²) in [6.45, 7) is 0. The van der Waals surface area contributed by atoms with Crippen molar-refractivity contribution < 1.29 is 24.2 Å². The van der Waals surface area contributed by atoms with Crippen LogP contribution in [0.2, 0.25) is 0 Å². The quantitative estimate of drug-likeness (QED) is 0.481. The fraction of sp³-hybridized carbons (Fsp3) is 0. The molecule has 0 bridgehead atoms. The molecule has 0 spiro atoms. The Labute approximate surface area is 149 Å². The molecule has 0 atom stereocenters. The molecule has 24 heavy (non-hydrogen) atoms. The standard InChI is InChI=1S/2C9H7NO.ClH.Ti/c2*11-8-5-1-3-7-4-2-6-10-9(7)8;;/h2*1-6,11H;1H;/q;;;+3/p-3. The predicted octanol–water partition coefficient (Wildman–Crippen LogP) is 4.84. The third-order valence-electron chi connectivity index (χ3n) is 3.57. The maximum atomic E-state index is 6.42. The van der Waals surface area contributed by atoms with Crippen LogP contribution in [0.1, 0.15) is 0 Å². The summed E-state index contributed by atoms with van der Waals surface area (Å²) in [6, 6.07) is 19.3. The molecule has 0 unspecified atom stereocenters. The van der Waals surface area contributed by atoms with Gasteiger partial charge in [0.2, 0.25) is 0 Å². The van der Waals surface area contributed by atoms with Gasteiger partial charge in [0.15, 0.2) is 0 Å². The van der Waals surface area contributed by atoms with E-state index in [0.29, 0.717) is 11.5 Å². The zero-order valence-electron chi connectivity index (χ0n) is 12.5. The molecule has 0 N–H and O–H groups in total. The number of nitrogens with zero attached hydrogens (tertiary/aromatic N) is 2. The number of hydrogen-bond donors (Lipinski definition) is 0. The van der Waals surface area contributed by atoms with E-state index in [1.807, 2.05) is 60.7 Å². The fourth-order valence-corrected chi connectivity index (χ4v) is 4.32. The van der Waals surface area contributed by atoms with Gasteiger partial charge in [0.05, 0.1) is 0 Å². The number of halogens is 1. The van der Waals surface area contributed by atoms with Crippen LogP contribution < -0.4 is 6.64 Å². The minimum absolute atomic E-state index is 0.645. The van der Waals surface area contributed by atoms with Crippen molar-refractivity contribution in [2.45, 2.75) is 0 Å². The van der Waals surface area contributed by atoms with Crippen LogP contribution in [-0.4, -0.2) is 9.97 Å². The predicted molar refractivity (Wildman–Crippen MR) is 90.6 cm³/mol. The molecule has 4 nitrogen and oxygen atoms in total. The van der Waals surface area contributed by atoms with Gasteiger partial charge in [0.1, 0.15) is 0 Å². The Balaban J connectivity index is 1.61. The van der Waals surface area contributed by atoms with Gasteiger partial charge in [-0.25, -0.2) is 0 Å². The van der Waals surface area contributed by atoms with Crippen LogP contribution >= 0.6 is 9.30 Å². The molecule has 6 heteroatoms. The molecule has 117 valence electrons. The number of pyridine rings is 2. The number of rotatable bonds is 4. The van der Waals surface area contributed by atoms with Crippen molar-refractivity contribution >= 4 is 31.1 Å². The van der Waals surface area contributed by atoms with Gasteiger partial charge in [-0.15, -0.1) is 0 Å². The first-order chi connectivity index (χ1) is 11.8. The molecule has 2 heterocycles. The van der Waals surface area contributed by atoms with E-state index < -0.39 is 17.6 Å². The van der Waals surface area contributed by atoms with Crippen LogP contribution in [0.4, 0.5) is 0 Å². The zero-order valence-corrected chi connectivity index (χ0v) is 14.8. The van der Waals surface area contributed by atoms with Crippen LogP contribution in [0.3, 0.4) is 0 Å². The van der Waals surface area contributed by atoms with Crippen molar-refractivity contribution in [3.63, 3.8) is 0 Å². The van der Waals surface area contributed by atoms with Crippen LogP contribution in [0.15, 0.2) is 73.1 Å². The maximum absolute atomic E-state index is 6.42. The molecule has 0 saturated heterocycles. The fourth-order valence-electron chi connectivity index (χ4n) is 2.51. The molecule has 0 amide bonds. The number of aromatic nitrogens is 2. The van der Waals surface area contributed by atoms with E-state index in [9.17, 15) is 0 Å². The monoisotopic (exact) mass is 371 g/mol. The van der Waals surface area contributed by atoms with Crippen molar-refractivity contribution in [3.8, 4) is 11.5 Å². The van der Waals surface area contributed by atoms with Crippen molar-refractivity contribution in [3.05, 3.63) is 73.1 Å². The van der Waals surface area contributed by atoms with E-state index in [2.05, 4.69) is 9.97 Å². The summed E-state index contributed by atoms with van der Waals surface area (Å²) in [4.78, 5) is 8.73. The first-order valence-electron chi connectivity index (χ1n) is 7.37. The van der Waals surface area contributed by atoms with Gasteiger partial charge in [-0.2, -0.15) is 0 Å². The Morgan fingerprint density at radius 3 is 1.62 bits per heavy atom. The Bertz CT molecular complexity index is 920. The SMILES string of the molecule is [Cl][Ti]([O]c1cccc2cccnc12)[O]c1cccc2cccnc12. The van der Waals surface area contributed by atoms with Gasteiger partial charge >= 0.3 is 150 Å². The van der Waals surface area contributed by atoms with E-state index in [4.69, 9.17) is 15.9 Å². The van der Waals surface area contributed by atoms with E-state index in [0.717, 1.165) is 21.8 Å². The molecule has 2 aromatic carbocycles. The summed E-state index contributed by atoms with van der Waals surface area (Å²) in [5, 5.41) is 2.01. The molecule has 0 aliphatic rings. The summed E-state index contributed by atoms with van der Waals surface area (Å²) in [5.74, 6) is 1.29. The average Bonchev–Trinajstić information content (AvgIpc) is 2.62. The van der Waals surface area contributed by atoms with Crippen molar-refractivity contribution in [1.82, 2.24) is 9.97 Å². The minimum atomic E-state index is -2.77. The second-order valence-corrected chi connectivity index (χ2v) is 7.76. The Hall–Kier alpha value is -2.14. The first kappa shape index (κ1) is 15.4. The first-order valence-corrected chi connectivity index (χ1v) is 10.8. The Kier molecular flexibility index (Phi) is 4.34. The molecular formula is C18H12ClN2O2Ti. The van der Waals surface area contributed by atoms with Crippen molar-refractivity contribution in [2.24, 2.45) is 0 Å². The van der Waals surface area contributed by atoms with Crippen LogP contribution in [0.25, 0.3) is 21.8 Å². The molecule has 2 aromatic heterocycles. The van der Waals surface area contributed by atoms with E-state index in [-0.39, 0.29) is 0 Å². The molecule has 4 rings (SSSR count). The van der Waals surface area contributed by atoms with Crippen molar-refractivity contribution in [2.75, 3.05) is 0 Å². The number of para-hydroxylation sites is 2. The summed E-state index contributed by atoms with van der Waals surface area (Å²) >= 11 is -2.77.